The Morgan fingerprint density at radius 3 is 2.48 bits per heavy atom. The molecule has 0 aromatic heterocycles. The fraction of sp³-hybridized carbons (Fsp3) is 0.933. The minimum absolute atomic E-state index is 0.0902. The van der Waals surface area contributed by atoms with E-state index in [4.69, 9.17) is 59.3 Å². The van der Waals surface area contributed by atoms with E-state index in [0.29, 0.717) is 0 Å². The monoisotopic (exact) mass is 442 g/mol. The third-order valence-electron chi connectivity index (χ3n) is 4.91. The highest BCUT2D eigenvalue weighted by atomic mass is 35.6. The minimum atomic E-state index is -1.86. The lowest BCUT2D eigenvalue weighted by molar-refractivity contribution is -0.178. The molecule has 1 aliphatic carbocycles. The van der Waals surface area contributed by atoms with Crippen LogP contribution in [0.4, 0.5) is 4.79 Å². The van der Waals surface area contributed by atoms with Crippen LogP contribution < -0.4 is 5.32 Å². The van der Waals surface area contributed by atoms with Crippen LogP contribution in [-0.2, 0) is 18.9 Å². The van der Waals surface area contributed by atoms with Gasteiger partial charge in [-0.05, 0) is 25.3 Å². The first-order valence-electron chi connectivity index (χ1n) is 8.84. The summed E-state index contributed by atoms with van der Waals surface area (Å²) in [6.07, 6.45) is -0.701. The summed E-state index contributed by atoms with van der Waals surface area (Å²) >= 11 is 17.6. The maximum atomic E-state index is 12.4. The van der Waals surface area contributed by atoms with Gasteiger partial charge in [0.25, 0.3) is 0 Å². The van der Waals surface area contributed by atoms with E-state index >= 15 is 0 Å². The molecule has 1 saturated carbocycles. The average Bonchev–Trinajstić information content (AvgIpc) is 3.05. The number of alkyl carbamates (subject to hydrolysis) is 1. The van der Waals surface area contributed by atoms with Crippen LogP contribution in [0.2, 0.25) is 0 Å². The van der Waals surface area contributed by atoms with Gasteiger partial charge in [0.05, 0.1) is 6.10 Å². The number of amides is 1. The van der Waals surface area contributed by atoms with Gasteiger partial charge >= 0.3 is 6.09 Å². The normalized spacial score (nSPS) is 37.2. The molecule has 152 valence electrons. The number of hydrogen-bond acceptors (Lipinski definition) is 6. The summed E-state index contributed by atoms with van der Waals surface area (Å²) in [7, 11) is 0. The maximum Gasteiger partial charge on any atom is 0.407 e. The summed E-state index contributed by atoms with van der Waals surface area (Å²) in [5, 5.41) is 6.44. The Hall–Kier alpha value is -0.670. The van der Waals surface area contributed by atoms with Gasteiger partial charge in [-0.2, -0.15) is 0 Å². The van der Waals surface area contributed by atoms with Crippen molar-refractivity contribution < 1.29 is 23.7 Å². The fourth-order valence-corrected chi connectivity index (χ4v) is 3.95. The van der Waals surface area contributed by atoms with Crippen LogP contribution in [0, 0.1) is 0 Å². The van der Waals surface area contributed by atoms with E-state index in [9.17, 15) is 4.79 Å². The van der Waals surface area contributed by atoms with Crippen molar-refractivity contribution in [3.05, 3.63) is 10.4 Å². The first-order chi connectivity index (χ1) is 12.8. The molecule has 3 rings (SSSR count). The summed E-state index contributed by atoms with van der Waals surface area (Å²) in [6.45, 7) is 1.68. The molecule has 1 amide bonds. The molecule has 2 saturated heterocycles. The number of alkyl halides is 3. The van der Waals surface area contributed by atoms with E-state index in [0.717, 1.165) is 25.7 Å². The van der Waals surface area contributed by atoms with Gasteiger partial charge in [-0.3, -0.25) is 0 Å². The van der Waals surface area contributed by atoms with Gasteiger partial charge in [-0.25, -0.2) is 4.79 Å². The van der Waals surface area contributed by atoms with Crippen molar-refractivity contribution in [2.75, 3.05) is 0 Å². The van der Waals surface area contributed by atoms with Crippen molar-refractivity contribution in [2.45, 2.75) is 85.8 Å². The lowest BCUT2D eigenvalue weighted by Crippen LogP contribution is -2.57. The van der Waals surface area contributed by atoms with Gasteiger partial charge in [0, 0.05) is 11.0 Å². The molecule has 12 heteroatoms. The van der Waals surface area contributed by atoms with Crippen LogP contribution in [0.1, 0.15) is 39.0 Å². The molecule has 3 aliphatic rings. The van der Waals surface area contributed by atoms with E-state index in [1.165, 1.54) is 6.42 Å². The van der Waals surface area contributed by atoms with E-state index in [1.54, 1.807) is 6.92 Å². The van der Waals surface area contributed by atoms with Gasteiger partial charge in [0.1, 0.15) is 12.2 Å². The number of nitrogens with zero attached hydrogens (tertiary/aromatic N) is 3. The number of halogens is 3. The summed E-state index contributed by atoms with van der Waals surface area (Å²) in [5.74, 6) is 0. The predicted octanol–water partition coefficient (Wildman–Crippen LogP) is 3.95. The number of rotatable bonds is 3. The van der Waals surface area contributed by atoms with E-state index in [-0.39, 0.29) is 6.04 Å². The average molecular weight is 444 g/mol. The van der Waals surface area contributed by atoms with Crippen molar-refractivity contribution in [3.8, 4) is 0 Å². The molecule has 9 nitrogen and oxygen atoms in total. The Bertz CT molecular complexity index is 594. The van der Waals surface area contributed by atoms with Crippen LogP contribution in [0.25, 0.3) is 10.4 Å². The first kappa shape index (κ1) is 21.0. The number of nitrogens with one attached hydrogen (secondary N) is 1. The molecule has 0 unspecified atom stereocenters. The highest BCUT2D eigenvalue weighted by molar-refractivity contribution is 6.67. The number of carbonyl (C=O) groups is 1. The predicted molar refractivity (Wildman–Crippen MR) is 97.6 cm³/mol. The molecular formula is C15H21Cl3N4O5. The zero-order valence-electron chi connectivity index (χ0n) is 14.6. The molecular weight excluding hydrogens is 423 g/mol. The van der Waals surface area contributed by atoms with Crippen molar-refractivity contribution >= 4 is 40.9 Å². The largest absolute Gasteiger partial charge is 0.441 e. The Balaban J connectivity index is 1.70. The molecule has 0 bridgehead atoms. The molecule has 1 N–H and O–H groups in total. The molecule has 6 atom stereocenters. The standard InChI is InChI=1S/C15H21Cl3N4O5/c1-7-9(27-14(23)20-8-5-3-2-4-6-8)10-11(12(24-7)21-22-19)26-13(25-10)15(16,17)18/h7-13H,2-6H2,1H3,(H,20,23)/t7-,9+,10-,11-,12-,13+/m0/s1. The van der Waals surface area contributed by atoms with Gasteiger partial charge in [0.2, 0.25) is 10.1 Å². The van der Waals surface area contributed by atoms with Gasteiger partial charge in [-0.1, -0.05) is 59.2 Å². The number of fused-ring (bicyclic) bond motifs is 1. The van der Waals surface area contributed by atoms with Crippen molar-refractivity contribution in [2.24, 2.45) is 5.11 Å². The van der Waals surface area contributed by atoms with E-state index < -0.39 is 46.8 Å². The summed E-state index contributed by atoms with van der Waals surface area (Å²) in [4.78, 5) is 15.1. The van der Waals surface area contributed by atoms with Gasteiger partial charge in [0.15, 0.2) is 12.3 Å². The highest BCUT2D eigenvalue weighted by Gasteiger charge is 2.57. The van der Waals surface area contributed by atoms with Crippen LogP contribution >= 0.6 is 34.8 Å². The fourth-order valence-electron chi connectivity index (χ4n) is 3.64. The topological polar surface area (TPSA) is 115 Å². The molecule has 0 radical (unpaired) electrons. The van der Waals surface area contributed by atoms with E-state index in [2.05, 4.69) is 15.3 Å². The quantitative estimate of drug-likeness (QED) is 0.307. The molecule has 3 fully saturated rings. The Morgan fingerprint density at radius 1 is 1.19 bits per heavy atom. The van der Waals surface area contributed by atoms with Crippen LogP contribution in [-0.4, -0.2) is 52.9 Å². The molecule has 0 aromatic carbocycles. The molecule has 0 spiro atoms. The Labute approximate surface area is 171 Å². The summed E-state index contributed by atoms with van der Waals surface area (Å²) in [6, 6.07) is 0.0902. The van der Waals surface area contributed by atoms with Crippen LogP contribution in [0.15, 0.2) is 5.11 Å². The third-order valence-corrected chi connectivity index (χ3v) is 5.44. The minimum Gasteiger partial charge on any atom is -0.441 e. The number of azide groups is 1. The van der Waals surface area contributed by atoms with E-state index in [1.807, 2.05) is 0 Å². The zero-order chi connectivity index (χ0) is 19.6. The first-order valence-corrected chi connectivity index (χ1v) is 9.97. The molecule has 2 aliphatic heterocycles. The second-order valence-electron chi connectivity index (χ2n) is 6.86. The lowest BCUT2D eigenvalue weighted by Gasteiger charge is -2.39. The van der Waals surface area contributed by atoms with Crippen molar-refractivity contribution in [3.63, 3.8) is 0 Å². The molecule has 0 aromatic rings. The molecule has 2 heterocycles. The number of hydrogen-bond donors (Lipinski definition) is 1. The lowest BCUT2D eigenvalue weighted by atomic mass is 9.96. The van der Waals surface area contributed by atoms with Crippen molar-refractivity contribution in [1.82, 2.24) is 5.32 Å². The highest BCUT2D eigenvalue weighted by Crippen LogP contribution is 2.43. The second kappa shape index (κ2) is 8.78. The molecule has 27 heavy (non-hydrogen) atoms. The van der Waals surface area contributed by atoms with Crippen LogP contribution in [0.3, 0.4) is 0 Å². The van der Waals surface area contributed by atoms with Gasteiger partial charge in [-0.15, -0.1) is 0 Å². The second-order valence-corrected chi connectivity index (χ2v) is 9.23. The summed E-state index contributed by atoms with van der Waals surface area (Å²) in [5.41, 5.74) is 8.75. The number of carbonyl (C=O) groups excluding carboxylic acids is 1. The maximum absolute atomic E-state index is 12.4. The third kappa shape index (κ3) is 5.03. The smallest absolute Gasteiger partial charge is 0.407 e. The van der Waals surface area contributed by atoms with Crippen LogP contribution in [0.5, 0.6) is 0 Å². The Morgan fingerprint density at radius 2 is 1.85 bits per heavy atom. The van der Waals surface area contributed by atoms with Gasteiger partial charge < -0.3 is 24.3 Å². The zero-order valence-corrected chi connectivity index (χ0v) is 16.9. The SMILES string of the molecule is C[C@@H]1O[C@H](N=[N+]=[N-])[C@H]2O[C@H](C(Cl)(Cl)Cl)O[C@H]2[C@@H]1OC(=O)NC1CCCCC1. The summed E-state index contributed by atoms with van der Waals surface area (Å²) < 4.78 is 20.6. The number of ether oxygens (including phenoxy) is 4. The Kier molecular flexibility index (Phi) is 6.84. The van der Waals surface area contributed by atoms with Crippen molar-refractivity contribution in [1.29, 1.82) is 0 Å².